The Morgan fingerprint density at radius 3 is 2.79 bits per heavy atom. The maximum Gasteiger partial charge on any atom is 0.354 e. The number of aryl methyl sites for hydroxylation is 1. The number of amidine groups is 1. The van der Waals surface area contributed by atoms with E-state index in [4.69, 9.17) is 34.3 Å². The molecule has 6 N–H and O–H groups in total. The van der Waals surface area contributed by atoms with E-state index in [-0.39, 0.29) is 23.0 Å². The zero-order valence-electron chi connectivity index (χ0n) is 24.2. The molecular weight excluding hydrogens is 588 g/mol. The minimum Gasteiger partial charge on any atom is -0.373 e. The van der Waals surface area contributed by atoms with Gasteiger partial charge in [0.1, 0.15) is 11.5 Å². The van der Waals surface area contributed by atoms with Crippen molar-refractivity contribution in [1.82, 2.24) is 25.2 Å². The van der Waals surface area contributed by atoms with E-state index in [1.807, 2.05) is 31.2 Å². The van der Waals surface area contributed by atoms with Gasteiger partial charge >= 0.3 is 5.69 Å². The van der Waals surface area contributed by atoms with Gasteiger partial charge in [-0.1, -0.05) is 30.2 Å². The van der Waals surface area contributed by atoms with Gasteiger partial charge in [-0.3, -0.25) is 9.98 Å². The number of H-pyrrole nitrogens is 1. The number of nitrogens with two attached hydrogens (primary N) is 1. The topological polar surface area (TPSA) is 125 Å². The van der Waals surface area contributed by atoms with Crippen molar-refractivity contribution in [2.75, 3.05) is 12.4 Å². The normalized spacial score (nSPS) is 17.7. The molecule has 1 aliphatic heterocycles. The molecule has 5 rings (SSSR count). The van der Waals surface area contributed by atoms with Gasteiger partial charge in [-0.05, 0) is 86.9 Å². The summed E-state index contributed by atoms with van der Waals surface area (Å²) in [4.78, 5) is 20.4. The minimum absolute atomic E-state index is 0.0573. The van der Waals surface area contributed by atoms with Crippen LogP contribution in [0, 0.1) is 11.2 Å². The summed E-state index contributed by atoms with van der Waals surface area (Å²) in [6.07, 6.45) is 8.38. The highest BCUT2D eigenvalue weighted by molar-refractivity contribution is 6.31. The number of aromatic amines is 1. The predicted molar refractivity (Wildman–Crippen MR) is 173 cm³/mol. The number of halogens is 3. The average molecular weight is 627 g/mol. The Labute approximate surface area is 260 Å². The lowest BCUT2D eigenvalue weighted by Crippen LogP contribution is -2.39. The number of hydrogen-bond donors (Lipinski definition) is 5. The monoisotopic (exact) mass is 625 g/mol. The third kappa shape index (κ3) is 7.65. The molecule has 43 heavy (non-hydrogen) atoms. The maximum atomic E-state index is 15.1. The van der Waals surface area contributed by atoms with E-state index >= 15 is 4.39 Å². The van der Waals surface area contributed by atoms with Gasteiger partial charge in [-0.2, -0.15) is 4.98 Å². The standard InChI is InChI=1S/C32H38Cl2FN7O/c1-19(36)4-2-5-20-14-25(30(35)26(34)15-20)28-16-22-18-42(32(43)41-31(22)40-28)24-10-8-21(9-11-24)27-7-3-6-23(39-27)12-13-38-29(37)17-33/h8-11,14-16,18-19,23,27,39H,2-7,12-13,17,36H2,1H3,(H2,37,38)(H,40,41,43)/t19-,23-,27-/m0/s1. The highest BCUT2D eigenvalue weighted by Crippen LogP contribution is 2.32. The Bertz CT molecular complexity index is 1630. The third-order valence-electron chi connectivity index (χ3n) is 8.03. The van der Waals surface area contributed by atoms with Gasteiger partial charge in [0.2, 0.25) is 0 Å². The molecule has 8 nitrogen and oxygen atoms in total. The summed E-state index contributed by atoms with van der Waals surface area (Å²) < 4.78 is 16.6. The molecule has 0 saturated carbocycles. The summed E-state index contributed by atoms with van der Waals surface area (Å²) in [5.74, 6) is 0.0260. The first kappa shape index (κ1) is 31.2. The molecule has 3 atom stereocenters. The Hall–Kier alpha value is -3.24. The molecule has 0 unspecified atom stereocenters. The predicted octanol–water partition coefficient (Wildman–Crippen LogP) is 6.22. The first-order valence-electron chi connectivity index (χ1n) is 14.8. The van der Waals surface area contributed by atoms with E-state index in [0.29, 0.717) is 46.4 Å². The van der Waals surface area contributed by atoms with Gasteiger partial charge in [-0.15, -0.1) is 11.6 Å². The van der Waals surface area contributed by atoms with Crippen molar-refractivity contribution in [3.8, 4) is 16.9 Å². The number of rotatable bonds is 11. The number of fused-ring (bicyclic) bond motifs is 1. The zero-order valence-corrected chi connectivity index (χ0v) is 25.7. The van der Waals surface area contributed by atoms with Crippen LogP contribution in [-0.4, -0.2) is 44.9 Å². The highest BCUT2D eigenvalue weighted by atomic mass is 35.5. The van der Waals surface area contributed by atoms with E-state index in [9.17, 15) is 4.79 Å². The van der Waals surface area contributed by atoms with Crippen molar-refractivity contribution in [3.05, 3.63) is 81.1 Å². The summed E-state index contributed by atoms with van der Waals surface area (Å²) in [6, 6.07) is 13.9. The van der Waals surface area contributed by atoms with Crippen LogP contribution in [0.5, 0.6) is 0 Å². The van der Waals surface area contributed by atoms with E-state index in [2.05, 4.69) is 20.6 Å². The van der Waals surface area contributed by atoms with E-state index in [0.717, 1.165) is 56.1 Å². The summed E-state index contributed by atoms with van der Waals surface area (Å²) >= 11 is 11.9. The molecule has 0 amide bonds. The van der Waals surface area contributed by atoms with Gasteiger partial charge in [-0.25, -0.2) is 9.18 Å². The van der Waals surface area contributed by atoms with Gasteiger partial charge < -0.3 is 21.4 Å². The molecule has 3 heterocycles. The first-order chi connectivity index (χ1) is 20.7. The van der Waals surface area contributed by atoms with E-state index in [1.165, 1.54) is 4.57 Å². The zero-order chi connectivity index (χ0) is 30.5. The van der Waals surface area contributed by atoms with Crippen molar-refractivity contribution in [1.29, 1.82) is 5.41 Å². The van der Waals surface area contributed by atoms with E-state index < -0.39 is 11.5 Å². The number of nitrogens with one attached hydrogen (secondary N) is 4. The Morgan fingerprint density at radius 1 is 1.26 bits per heavy atom. The third-order valence-corrected chi connectivity index (χ3v) is 8.57. The molecule has 0 aliphatic carbocycles. The summed E-state index contributed by atoms with van der Waals surface area (Å²) in [5.41, 5.74) is 9.48. The van der Waals surface area contributed by atoms with Crippen molar-refractivity contribution in [2.45, 2.75) is 70.0 Å². The van der Waals surface area contributed by atoms with Crippen LogP contribution in [0.25, 0.3) is 28.0 Å². The smallest absolute Gasteiger partial charge is 0.354 e. The Balaban J connectivity index is 1.33. The molecule has 1 aliphatic rings. The lowest BCUT2D eigenvalue weighted by molar-refractivity contribution is 0.312. The molecule has 11 heteroatoms. The second kappa shape index (κ2) is 14.0. The lowest BCUT2D eigenvalue weighted by Gasteiger charge is -2.31. The molecule has 2 aromatic heterocycles. The molecule has 0 spiro atoms. The lowest BCUT2D eigenvalue weighted by atomic mass is 9.92. The fourth-order valence-corrected chi connectivity index (χ4v) is 6.10. The Morgan fingerprint density at radius 2 is 2.05 bits per heavy atom. The van der Waals surface area contributed by atoms with Crippen LogP contribution >= 0.6 is 23.2 Å². The number of piperidine rings is 1. The van der Waals surface area contributed by atoms with Crippen LogP contribution in [0.3, 0.4) is 0 Å². The molecule has 2 aromatic carbocycles. The molecule has 228 valence electrons. The van der Waals surface area contributed by atoms with Gasteiger partial charge in [0, 0.05) is 41.8 Å². The van der Waals surface area contributed by atoms with Gasteiger partial charge in [0.05, 0.1) is 22.3 Å². The number of benzene rings is 2. The number of alkyl halides is 1. The second-order valence-electron chi connectivity index (χ2n) is 11.5. The van der Waals surface area contributed by atoms with Gasteiger partial charge in [0.25, 0.3) is 0 Å². The fourth-order valence-electron chi connectivity index (χ4n) is 5.76. The average Bonchev–Trinajstić information content (AvgIpc) is 3.41. The molecule has 1 saturated heterocycles. The highest BCUT2D eigenvalue weighted by Gasteiger charge is 2.22. The number of hydrogen-bond acceptors (Lipinski definition) is 5. The van der Waals surface area contributed by atoms with Crippen LogP contribution < -0.4 is 22.1 Å². The SMILES string of the molecule is C[C@H](N)CCCc1cc(Cl)c(F)c(-c2cc3cn(-c4ccc([C@@H]5CCC[C@@H](CCNC(=N)CCl)N5)cc4)c(=O)nc3[nH]2)c1. The summed E-state index contributed by atoms with van der Waals surface area (Å²) in [5, 5.41) is 15.2. The number of aromatic nitrogens is 3. The fraction of sp³-hybridized carbons (Fsp3) is 0.406. The molecule has 4 aromatic rings. The van der Waals surface area contributed by atoms with Gasteiger partial charge in [0.15, 0.2) is 5.82 Å². The van der Waals surface area contributed by atoms with Crippen LogP contribution in [0.15, 0.2) is 53.5 Å². The summed E-state index contributed by atoms with van der Waals surface area (Å²) in [6.45, 7) is 2.68. The Kier molecular flexibility index (Phi) is 10.2. The molecule has 0 radical (unpaired) electrons. The maximum absolute atomic E-state index is 15.1. The summed E-state index contributed by atoms with van der Waals surface area (Å²) in [7, 11) is 0. The van der Waals surface area contributed by atoms with Crippen LogP contribution in [-0.2, 0) is 6.42 Å². The molecule has 1 fully saturated rings. The van der Waals surface area contributed by atoms with Crippen LogP contribution in [0.1, 0.15) is 62.6 Å². The van der Waals surface area contributed by atoms with Crippen molar-refractivity contribution >= 4 is 40.1 Å². The minimum atomic E-state index is -0.514. The quantitative estimate of drug-likeness (QED) is 0.0768. The molecule has 0 bridgehead atoms. The first-order valence-corrected chi connectivity index (χ1v) is 15.7. The number of nitrogens with zero attached hydrogens (tertiary/aromatic N) is 2. The van der Waals surface area contributed by atoms with E-state index in [1.54, 1.807) is 24.4 Å². The van der Waals surface area contributed by atoms with Crippen molar-refractivity contribution in [3.63, 3.8) is 0 Å². The molecular formula is C32H38Cl2FN7O. The second-order valence-corrected chi connectivity index (χ2v) is 12.1. The largest absolute Gasteiger partial charge is 0.373 e. The van der Waals surface area contributed by atoms with Crippen molar-refractivity contribution in [2.24, 2.45) is 5.73 Å². The van der Waals surface area contributed by atoms with Crippen molar-refractivity contribution < 1.29 is 4.39 Å². The van der Waals surface area contributed by atoms with Crippen LogP contribution in [0.2, 0.25) is 5.02 Å². The van der Waals surface area contributed by atoms with Crippen LogP contribution in [0.4, 0.5) is 4.39 Å².